The molecule has 1 aromatic carbocycles. The molecule has 1 aromatic rings. The minimum Gasteiger partial charge on any atom is -0.374 e. The number of rotatable bonds is 5. The highest BCUT2D eigenvalue weighted by Crippen LogP contribution is 2.10. The maximum Gasteiger partial charge on any atom is 0.251 e. The number of ether oxygens (including phenoxy) is 1. The van der Waals surface area contributed by atoms with Crippen LogP contribution in [0.15, 0.2) is 24.3 Å². The van der Waals surface area contributed by atoms with Crippen LogP contribution in [0.25, 0.3) is 0 Å². The van der Waals surface area contributed by atoms with Crippen molar-refractivity contribution in [2.75, 3.05) is 66.5 Å². The molecule has 3 rings (SSSR count). The van der Waals surface area contributed by atoms with E-state index in [1.54, 1.807) is 0 Å². The van der Waals surface area contributed by atoms with Gasteiger partial charge in [0.05, 0.1) is 12.7 Å². The van der Waals surface area contributed by atoms with Crippen LogP contribution < -0.4 is 5.32 Å². The van der Waals surface area contributed by atoms with Crippen molar-refractivity contribution in [3.8, 4) is 0 Å². The van der Waals surface area contributed by atoms with E-state index in [1.807, 2.05) is 12.1 Å². The van der Waals surface area contributed by atoms with E-state index in [0.717, 1.165) is 52.4 Å². The van der Waals surface area contributed by atoms with Gasteiger partial charge in [-0.25, -0.2) is 0 Å². The van der Waals surface area contributed by atoms with Crippen LogP contribution in [0.1, 0.15) is 15.9 Å². The lowest BCUT2D eigenvalue weighted by molar-refractivity contribution is -0.0175. The Bertz CT molecular complexity index is 555. The number of amides is 1. The molecule has 0 radical (unpaired) electrons. The van der Waals surface area contributed by atoms with Gasteiger partial charge in [-0.05, 0) is 31.8 Å². The van der Waals surface area contributed by atoms with Crippen LogP contribution in [0.4, 0.5) is 0 Å². The molecule has 2 heterocycles. The van der Waals surface area contributed by atoms with Gasteiger partial charge < -0.3 is 19.9 Å². The number of carbonyl (C=O) groups is 1. The van der Waals surface area contributed by atoms with E-state index in [1.165, 1.54) is 5.56 Å². The average Bonchev–Trinajstić information content (AvgIpc) is 2.62. The highest BCUT2D eigenvalue weighted by atomic mass is 16.5. The lowest BCUT2D eigenvalue weighted by Crippen LogP contribution is -2.45. The van der Waals surface area contributed by atoms with E-state index < -0.39 is 0 Å². The zero-order valence-electron chi connectivity index (χ0n) is 15.4. The van der Waals surface area contributed by atoms with Crippen molar-refractivity contribution in [2.45, 2.75) is 12.6 Å². The van der Waals surface area contributed by atoms with Gasteiger partial charge in [0.15, 0.2) is 0 Å². The maximum absolute atomic E-state index is 12.3. The van der Waals surface area contributed by atoms with E-state index in [4.69, 9.17) is 4.74 Å². The molecule has 6 nitrogen and oxygen atoms in total. The van der Waals surface area contributed by atoms with E-state index in [0.29, 0.717) is 12.1 Å². The first kappa shape index (κ1) is 18.3. The largest absolute Gasteiger partial charge is 0.374 e. The van der Waals surface area contributed by atoms with Crippen molar-refractivity contribution >= 4 is 5.91 Å². The third-order valence-corrected chi connectivity index (χ3v) is 5.05. The Morgan fingerprint density at radius 2 is 1.80 bits per heavy atom. The zero-order valence-corrected chi connectivity index (χ0v) is 15.4. The molecule has 0 aromatic heterocycles. The molecular formula is C19H30N4O2. The molecule has 6 heteroatoms. The first-order valence-electron chi connectivity index (χ1n) is 9.18. The highest BCUT2D eigenvalue weighted by Gasteiger charge is 2.19. The Labute approximate surface area is 150 Å². The molecule has 2 saturated heterocycles. The summed E-state index contributed by atoms with van der Waals surface area (Å²) in [5, 5.41) is 2.99. The van der Waals surface area contributed by atoms with Gasteiger partial charge in [-0.15, -0.1) is 0 Å². The van der Waals surface area contributed by atoms with Crippen LogP contribution in [0.2, 0.25) is 0 Å². The Balaban J connectivity index is 1.45. The molecule has 2 aliphatic rings. The molecule has 0 saturated carbocycles. The Kier molecular flexibility index (Phi) is 6.42. The molecule has 138 valence electrons. The molecule has 2 fully saturated rings. The van der Waals surface area contributed by atoms with E-state index in [2.05, 4.69) is 46.2 Å². The Hall–Kier alpha value is -1.47. The first-order chi connectivity index (χ1) is 12.1. The smallest absolute Gasteiger partial charge is 0.251 e. The van der Waals surface area contributed by atoms with E-state index in [9.17, 15) is 4.79 Å². The summed E-state index contributed by atoms with van der Waals surface area (Å²) in [7, 11) is 4.25. The number of piperazine rings is 1. The molecule has 1 unspecified atom stereocenters. The zero-order chi connectivity index (χ0) is 17.6. The summed E-state index contributed by atoms with van der Waals surface area (Å²) in [4.78, 5) is 19.4. The van der Waals surface area contributed by atoms with Gasteiger partial charge in [0.25, 0.3) is 5.91 Å². The Morgan fingerprint density at radius 1 is 1.08 bits per heavy atom. The van der Waals surface area contributed by atoms with Crippen LogP contribution in [-0.2, 0) is 11.3 Å². The SMILES string of the molecule is CN1CCN(Cc2ccc(C(=O)NCC3CN(C)CCO3)cc2)CC1. The lowest BCUT2D eigenvalue weighted by Gasteiger charge is -2.32. The number of hydrogen-bond donors (Lipinski definition) is 1. The standard InChI is InChI=1S/C19H30N4O2/c1-21-7-9-23(10-8-21)14-16-3-5-17(6-4-16)19(24)20-13-18-15-22(2)11-12-25-18/h3-6,18H,7-15H2,1-2H3,(H,20,24). The van der Waals surface area contributed by atoms with Crippen LogP contribution in [0, 0.1) is 0 Å². The highest BCUT2D eigenvalue weighted by molar-refractivity contribution is 5.94. The summed E-state index contributed by atoms with van der Waals surface area (Å²) in [5.74, 6) is -0.0250. The third-order valence-electron chi connectivity index (χ3n) is 5.05. The summed E-state index contributed by atoms with van der Waals surface area (Å²) in [5.41, 5.74) is 1.98. The summed E-state index contributed by atoms with van der Waals surface area (Å²) < 4.78 is 5.68. The topological polar surface area (TPSA) is 48.0 Å². The van der Waals surface area contributed by atoms with Gasteiger partial charge in [-0.3, -0.25) is 9.69 Å². The minimum absolute atomic E-state index is 0.0250. The minimum atomic E-state index is -0.0250. The number of likely N-dealkylation sites (N-methyl/N-ethyl adjacent to an activating group) is 2. The van der Waals surface area contributed by atoms with Crippen molar-refractivity contribution < 1.29 is 9.53 Å². The number of nitrogens with zero attached hydrogens (tertiary/aromatic N) is 3. The number of benzene rings is 1. The fourth-order valence-electron chi connectivity index (χ4n) is 3.32. The van der Waals surface area contributed by atoms with Gasteiger partial charge in [-0.2, -0.15) is 0 Å². The average molecular weight is 346 g/mol. The van der Waals surface area contributed by atoms with Gasteiger partial charge in [0.2, 0.25) is 0 Å². The quantitative estimate of drug-likeness (QED) is 0.841. The second kappa shape index (κ2) is 8.76. The van der Waals surface area contributed by atoms with Gasteiger partial charge in [0.1, 0.15) is 0 Å². The number of hydrogen-bond acceptors (Lipinski definition) is 5. The molecule has 2 aliphatic heterocycles. The van der Waals surface area contributed by atoms with E-state index in [-0.39, 0.29) is 12.0 Å². The second-order valence-corrected chi connectivity index (χ2v) is 7.24. The van der Waals surface area contributed by atoms with Gasteiger partial charge in [-0.1, -0.05) is 12.1 Å². The van der Waals surface area contributed by atoms with Gasteiger partial charge >= 0.3 is 0 Å². The van der Waals surface area contributed by atoms with Crippen LogP contribution in [0.3, 0.4) is 0 Å². The summed E-state index contributed by atoms with van der Waals surface area (Å²) in [6, 6.07) is 7.99. The van der Waals surface area contributed by atoms with Crippen molar-refractivity contribution in [1.29, 1.82) is 0 Å². The van der Waals surface area contributed by atoms with Crippen LogP contribution in [0.5, 0.6) is 0 Å². The molecule has 1 N–H and O–H groups in total. The summed E-state index contributed by atoms with van der Waals surface area (Å²) in [6.45, 7) is 8.53. The van der Waals surface area contributed by atoms with Crippen LogP contribution in [-0.4, -0.2) is 93.2 Å². The third kappa shape index (κ3) is 5.51. The van der Waals surface area contributed by atoms with Crippen molar-refractivity contribution in [3.63, 3.8) is 0 Å². The van der Waals surface area contributed by atoms with E-state index >= 15 is 0 Å². The van der Waals surface area contributed by atoms with Crippen LogP contribution >= 0.6 is 0 Å². The first-order valence-corrected chi connectivity index (χ1v) is 9.18. The van der Waals surface area contributed by atoms with Gasteiger partial charge in [0, 0.05) is 57.9 Å². The predicted octanol–water partition coefficient (Wildman–Crippen LogP) is 0.494. The fourth-order valence-corrected chi connectivity index (χ4v) is 3.32. The molecule has 0 aliphatic carbocycles. The predicted molar refractivity (Wildman–Crippen MR) is 98.8 cm³/mol. The maximum atomic E-state index is 12.3. The summed E-state index contributed by atoms with van der Waals surface area (Å²) in [6.07, 6.45) is 0.0826. The molecule has 1 atom stereocenters. The molecular weight excluding hydrogens is 316 g/mol. The van der Waals surface area contributed by atoms with Crippen molar-refractivity contribution in [1.82, 2.24) is 20.0 Å². The fraction of sp³-hybridized carbons (Fsp3) is 0.632. The lowest BCUT2D eigenvalue weighted by atomic mass is 10.1. The monoisotopic (exact) mass is 346 g/mol. The normalized spacial score (nSPS) is 23.5. The number of nitrogens with one attached hydrogen (secondary N) is 1. The molecule has 0 bridgehead atoms. The van der Waals surface area contributed by atoms with Crippen molar-refractivity contribution in [3.05, 3.63) is 35.4 Å². The molecule has 1 amide bonds. The molecule has 25 heavy (non-hydrogen) atoms. The number of carbonyl (C=O) groups excluding carboxylic acids is 1. The summed E-state index contributed by atoms with van der Waals surface area (Å²) >= 11 is 0. The van der Waals surface area contributed by atoms with Crippen molar-refractivity contribution in [2.24, 2.45) is 0 Å². The molecule has 0 spiro atoms. The second-order valence-electron chi connectivity index (χ2n) is 7.24. The Morgan fingerprint density at radius 3 is 2.48 bits per heavy atom. The number of morpholine rings is 1.